The molecule has 1 aliphatic carbocycles. The van der Waals surface area contributed by atoms with E-state index < -0.39 is 50.3 Å². The van der Waals surface area contributed by atoms with Crippen LogP contribution in [-0.2, 0) is 28.1 Å². The fourth-order valence-corrected chi connectivity index (χ4v) is 8.36. The van der Waals surface area contributed by atoms with E-state index in [2.05, 4.69) is 39.9 Å². The van der Waals surface area contributed by atoms with Crippen molar-refractivity contribution in [1.82, 2.24) is 0 Å². The maximum atomic E-state index is 13.5. The lowest BCUT2D eigenvalue weighted by atomic mass is 9.94. The zero-order valence-electron chi connectivity index (χ0n) is 37.4. The molecule has 0 spiro atoms. The van der Waals surface area contributed by atoms with Crippen LogP contribution in [0.15, 0.2) is 84.4 Å². The Labute approximate surface area is 362 Å². The molecule has 1 heterocycles. The van der Waals surface area contributed by atoms with Crippen LogP contribution in [-0.4, -0.2) is 90.5 Å². The van der Waals surface area contributed by atoms with Crippen LogP contribution in [0.2, 0.25) is 18.1 Å². The van der Waals surface area contributed by atoms with E-state index in [0.717, 1.165) is 5.57 Å². The fourth-order valence-electron chi connectivity index (χ4n) is 7.30. The minimum Gasteiger partial charge on any atom is -0.497 e. The van der Waals surface area contributed by atoms with Gasteiger partial charge in [-0.2, -0.15) is 0 Å². The Hall–Kier alpha value is -4.69. The second-order valence-electron chi connectivity index (χ2n) is 17.8. The number of esters is 3. The van der Waals surface area contributed by atoms with E-state index in [0.29, 0.717) is 85.5 Å². The summed E-state index contributed by atoms with van der Waals surface area (Å²) in [6.07, 6.45) is 3.07. The molecule has 2 aliphatic rings. The van der Waals surface area contributed by atoms with Crippen LogP contribution in [0.25, 0.3) is 0 Å². The van der Waals surface area contributed by atoms with E-state index in [9.17, 15) is 14.4 Å². The first-order valence-corrected chi connectivity index (χ1v) is 24.0. The average molecular weight is 861 g/mol. The molecule has 0 N–H and O–H groups in total. The Morgan fingerprint density at radius 1 is 0.705 bits per heavy atom. The Kier molecular flexibility index (Phi) is 16.2. The zero-order chi connectivity index (χ0) is 44.4. The molecule has 61 heavy (non-hydrogen) atoms. The van der Waals surface area contributed by atoms with Crippen LogP contribution < -0.4 is 14.2 Å². The number of methoxy groups -OCH3 is 3. The van der Waals surface area contributed by atoms with Gasteiger partial charge < -0.3 is 42.3 Å². The molecule has 332 valence electrons. The smallest absolute Gasteiger partial charge is 0.338 e. The molecule has 5 rings (SSSR count). The Morgan fingerprint density at radius 3 is 1.67 bits per heavy atom. The average Bonchev–Trinajstić information content (AvgIpc) is 3.40. The summed E-state index contributed by atoms with van der Waals surface area (Å²) < 4.78 is 53.7. The summed E-state index contributed by atoms with van der Waals surface area (Å²) in [7, 11) is 2.65. The van der Waals surface area contributed by atoms with Crippen LogP contribution in [0.4, 0.5) is 0 Å². The maximum Gasteiger partial charge on any atom is 0.338 e. The molecule has 12 nitrogen and oxygen atoms in total. The quantitative estimate of drug-likeness (QED) is 0.0554. The van der Waals surface area contributed by atoms with Crippen molar-refractivity contribution in [3.8, 4) is 17.2 Å². The van der Waals surface area contributed by atoms with Crippen molar-refractivity contribution in [3.63, 3.8) is 0 Å². The number of ether oxygens (including phenoxy) is 8. The third kappa shape index (κ3) is 13.9. The van der Waals surface area contributed by atoms with E-state index in [1.165, 1.54) is 0 Å². The van der Waals surface area contributed by atoms with E-state index >= 15 is 0 Å². The largest absolute Gasteiger partial charge is 0.497 e. The monoisotopic (exact) mass is 860 g/mol. The minimum absolute atomic E-state index is 0.0290. The molecule has 1 saturated heterocycles. The van der Waals surface area contributed by atoms with Gasteiger partial charge in [-0.1, -0.05) is 32.4 Å². The summed E-state index contributed by atoms with van der Waals surface area (Å²) >= 11 is 0. The molecule has 1 aliphatic heterocycles. The summed E-state index contributed by atoms with van der Waals surface area (Å²) in [5.41, 5.74) is 2.22. The normalized spacial score (nSPS) is 20.9. The topological polar surface area (TPSA) is 134 Å². The highest BCUT2D eigenvalue weighted by atomic mass is 28.4. The van der Waals surface area contributed by atoms with Crippen LogP contribution in [0.1, 0.15) is 111 Å². The number of hydrogen-bond donors (Lipinski definition) is 0. The Balaban J connectivity index is 1.32. The molecule has 0 bridgehead atoms. The summed E-state index contributed by atoms with van der Waals surface area (Å²) in [5, 5.41) is 0.0290. The van der Waals surface area contributed by atoms with Crippen LogP contribution >= 0.6 is 0 Å². The fraction of sp³-hybridized carbons (Fsp3) is 0.521. The SMILES string of the molecule is COc1ccc(C(=O)O[C@H](CCO[Si](C)(C)C(C)(C)C)C[C@H]2C[C@H](CC3=CC[C@H](OC(=O)c4ccc(OC)cc4)C[C@@H](OC(=O)c4ccc(OC)cc4)C3)OC(C)(C)O2)cc1. The van der Waals surface area contributed by atoms with Gasteiger partial charge in [0, 0.05) is 45.1 Å². The summed E-state index contributed by atoms with van der Waals surface area (Å²) in [5.74, 6) is -0.410. The first-order valence-electron chi connectivity index (χ1n) is 21.1. The second kappa shape index (κ2) is 20.9. The van der Waals surface area contributed by atoms with Crippen molar-refractivity contribution in [1.29, 1.82) is 0 Å². The van der Waals surface area contributed by atoms with Crippen LogP contribution in [0, 0.1) is 0 Å². The van der Waals surface area contributed by atoms with Gasteiger partial charge in [-0.3, -0.25) is 0 Å². The lowest BCUT2D eigenvalue weighted by Crippen LogP contribution is -2.46. The molecule has 0 aromatic heterocycles. The summed E-state index contributed by atoms with van der Waals surface area (Å²) in [4.78, 5) is 40.2. The van der Waals surface area contributed by atoms with Crippen molar-refractivity contribution >= 4 is 26.2 Å². The van der Waals surface area contributed by atoms with Gasteiger partial charge in [0.1, 0.15) is 35.6 Å². The van der Waals surface area contributed by atoms with Crippen molar-refractivity contribution < 1.29 is 56.7 Å². The summed E-state index contributed by atoms with van der Waals surface area (Å²) in [6, 6.07) is 20.3. The lowest BCUT2D eigenvalue weighted by Gasteiger charge is -2.42. The van der Waals surface area contributed by atoms with Gasteiger partial charge in [0.15, 0.2) is 14.1 Å². The minimum atomic E-state index is -2.06. The molecular weight excluding hydrogens is 797 g/mol. The van der Waals surface area contributed by atoms with E-state index in [4.69, 9.17) is 42.3 Å². The highest BCUT2D eigenvalue weighted by Gasteiger charge is 2.40. The molecule has 3 aromatic rings. The standard InChI is InChI=1S/C48H64O12Si/c1-47(2,3)61(9,10)55-26-25-40(57-45(50)34-14-21-37(53-7)22-15-34)30-43-31-42(59-48(4,5)60-43)28-32-11-18-39(56-44(49)33-12-19-36(52-6)20-13-33)29-41(27-32)58-46(51)35-16-23-38(54-8)24-17-35/h11-17,19-24,39-43H,18,25-31H2,1-10H3/t39-,40+,41-,42-,43-/m0/s1. The molecule has 0 amide bonds. The predicted octanol–water partition coefficient (Wildman–Crippen LogP) is 9.90. The number of carbonyl (C=O) groups is 3. The molecule has 13 heteroatoms. The maximum absolute atomic E-state index is 13.5. The molecule has 0 unspecified atom stereocenters. The van der Waals surface area contributed by atoms with Gasteiger partial charge in [-0.15, -0.1) is 0 Å². The third-order valence-corrected chi connectivity index (χ3v) is 16.2. The van der Waals surface area contributed by atoms with Crippen molar-refractivity contribution in [2.75, 3.05) is 27.9 Å². The first kappa shape index (κ1) is 47.4. The Bertz CT molecular complexity index is 1930. The number of rotatable bonds is 17. The van der Waals surface area contributed by atoms with Gasteiger partial charge in [0.2, 0.25) is 0 Å². The molecule has 3 aromatic carbocycles. The number of hydrogen-bond acceptors (Lipinski definition) is 12. The van der Waals surface area contributed by atoms with Gasteiger partial charge in [0.25, 0.3) is 0 Å². The molecular formula is C48H64O12Si. The molecule has 0 radical (unpaired) electrons. The van der Waals surface area contributed by atoms with Gasteiger partial charge >= 0.3 is 17.9 Å². The summed E-state index contributed by atoms with van der Waals surface area (Å²) in [6.45, 7) is 15.2. The van der Waals surface area contributed by atoms with Crippen LogP contribution in [0.5, 0.6) is 17.2 Å². The van der Waals surface area contributed by atoms with Gasteiger partial charge in [0.05, 0.1) is 50.2 Å². The molecule has 5 atom stereocenters. The zero-order valence-corrected chi connectivity index (χ0v) is 38.4. The van der Waals surface area contributed by atoms with E-state index in [-0.39, 0.29) is 17.2 Å². The van der Waals surface area contributed by atoms with Crippen molar-refractivity contribution in [3.05, 3.63) is 101 Å². The molecule has 1 fully saturated rings. The third-order valence-electron chi connectivity index (χ3n) is 11.6. The van der Waals surface area contributed by atoms with Gasteiger partial charge in [-0.25, -0.2) is 14.4 Å². The van der Waals surface area contributed by atoms with E-state index in [1.807, 2.05) is 13.8 Å². The Morgan fingerprint density at radius 2 is 1.18 bits per heavy atom. The highest BCUT2D eigenvalue weighted by Crippen LogP contribution is 2.38. The predicted molar refractivity (Wildman–Crippen MR) is 234 cm³/mol. The lowest BCUT2D eigenvalue weighted by molar-refractivity contribution is -0.302. The van der Waals surface area contributed by atoms with Crippen LogP contribution in [0.3, 0.4) is 0 Å². The van der Waals surface area contributed by atoms with Crippen molar-refractivity contribution in [2.24, 2.45) is 0 Å². The first-order chi connectivity index (χ1) is 28.9. The highest BCUT2D eigenvalue weighted by molar-refractivity contribution is 6.74. The van der Waals surface area contributed by atoms with E-state index in [1.54, 1.807) is 94.1 Å². The van der Waals surface area contributed by atoms with Crippen molar-refractivity contribution in [2.45, 2.75) is 134 Å². The van der Waals surface area contributed by atoms with Gasteiger partial charge in [-0.05, 0) is 111 Å². The number of benzene rings is 3. The second-order valence-corrected chi connectivity index (χ2v) is 22.6. The number of carbonyl (C=O) groups excluding carboxylic acids is 3. The molecule has 0 saturated carbocycles.